The van der Waals surface area contributed by atoms with Gasteiger partial charge in [-0.25, -0.2) is 0 Å². The van der Waals surface area contributed by atoms with E-state index in [4.69, 9.17) is 0 Å². The number of quaternary nitrogens is 1. The second kappa shape index (κ2) is 8.23. The standard InChI is InChI=1S/C21H27N3O2/c1-17(21(26)22(2)16-18-8-4-3-5-9-18)23-12-14-24(15-13-23)19-10-6-7-11-20(19)25/h3-11,17,25H,12-16H2,1-2H3/p+1/t17-/m0/s1. The van der Waals surface area contributed by atoms with Crippen LogP contribution >= 0.6 is 0 Å². The number of rotatable bonds is 5. The molecule has 1 heterocycles. The Hall–Kier alpha value is -2.53. The van der Waals surface area contributed by atoms with E-state index in [1.165, 1.54) is 4.90 Å². The maximum Gasteiger partial charge on any atom is 0.280 e. The fourth-order valence-corrected chi connectivity index (χ4v) is 3.64. The molecular formula is C21H28N3O2+. The number of benzene rings is 2. The fourth-order valence-electron chi connectivity index (χ4n) is 3.64. The first-order valence-electron chi connectivity index (χ1n) is 9.22. The van der Waals surface area contributed by atoms with Gasteiger partial charge in [-0.05, 0) is 24.6 Å². The van der Waals surface area contributed by atoms with Gasteiger partial charge in [-0.1, -0.05) is 42.5 Å². The zero-order chi connectivity index (χ0) is 18.5. The summed E-state index contributed by atoms with van der Waals surface area (Å²) in [5.74, 6) is 0.502. The third-order valence-corrected chi connectivity index (χ3v) is 5.25. The Labute approximate surface area is 155 Å². The van der Waals surface area contributed by atoms with E-state index in [1.807, 2.05) is 67.4 Å². The number of nitrogens with zero attached hydrogens (tertiary/aromatic N) is 2. The van der Waals surface area contributed by atoms with E-state index in [1.54, 1.807) is 6.07 Å². The zero-order valence-electron chi connectivity index (χ0n) is 15.6. The third kappa shape index (κ3) is 4.17. The molecule has 1 aliphatic rings. The molecule has 0 unspecified atom stereocenters. The van der Waals surface area contributed by atoms with Crippen molar-refractivity contribution < 1.29 is 14.8 Å². The molecule has 0 radical (unpaired) electrons. The minimum atomic E-state index is -0.0600. The largest absolute Gasteiger partial charge is 0.506 e. The van der Waals surface area contributed by atoms with Crippen LogP contribution in [-0.4, -0.2) is 55.2 Å². The van der Waals surface area contributed by atoms with E-state index in [0.717, 1.165) is 37.4 Å². The third-order valence-electron chi connectivity index (χ3n) is 5.25. The topological polar surface area (TPSA) is 48.2 Å². The number of anilines is 1. The number of carbonyl (C=O) groups is 1. The first kappa shape index (κ1) is 18.3. The number of aromatic hydroxyl groups is 1. The molecule has 2 aromatic rings. The van der Waals surface area contributed by atoms with Crippen LogP contribution in [0.3, 0.4) is 0 Å². The van der Waals surface area contributed by atoms with Crippen LogP contribution in [0.1, 0.15) is 12.5 Å². The molecule has 138 valence electrons. The Bertz CT molecular complexity index is 727. The maximum absolute atomic E-state index is 12.8. The molecule has 0 aliphatic carbocycles. The molecule has 2 aromatic carbocycles. The van der Waals surface area contributed by atoms with Crippen LogP contribution in [0.2, 0.25) is 0 Å². The lowest BCUT2D eigenvalue weighted by molar-refractivity contribution is -0.915. The Kier molecular flexibility index (Phi) is 5.78. The van der Waals surface area contributed by atoms with Crippen molar-refractivity contribution in [3.8, 4) is 5.75 Å². The highest BCUT2D eigenvalue weighted by atomic mass is 16.3. The Morgan fingerprint density at radius 3 is 2.38 bits per heavy atom. The Balaban J connectivity index is 1.55. The summed E-state index contributed by atoms with van der Waals surface area (Å²) in [6, 6.07) is 17.5. The van der Waals surface area contributed by atoms with Gasteiger partial charge in [0.1, 0.15) is 5.75 Å². The van der Waals surface area contributed by atoms with E-state index in [-0.39, 0.29) is 11.9 Å². The number of phenols is 1. The molecule has 5 nitrogen and oxygen atoms in total. The smallest absolute Gasteiger partial charge is 0.280 e. The molecule has 0 aromatic heterocycles. The molecule has 1 atom stereocenters. The van der Waals surface area contributed by atoms with Crippen molar-refractivity contribution in [3.63, 3.8) is 0 Å². The van der Waals surface area contributed by atoms with Crippen molar-refractivity contribution in [1.82, 2.24) is 4.90 Å². The predicted octanol–water partition coefficient (Wildman–Crippen LogP) is 1.14. The lowest BCUT2D eigenvalue weighted by Gasteiger charge is -2.37. The summed E-state index contributed by atoms with van der Waals surface area (Å²) in [6.45, 7) is 6.12. The van der Waals surface area contributed by atoms with Crippen LogP contribution in [0, 0.1) is 0 Å². The van der Waals surface area contributed by atoms with Gasteiger partial charge >= 0.3 is 0 Å². The van der Waals surface area contributed by atoms with Crippen molar-refractivity contribution in [2.45, 2.75) is 19.5 Å². The van der Waals surface area contributed by atoms with Gasteiger partial charge in [0.25, 0.3) is 5.91 Å². The number of para-hydroxylation sites is 2. The SMILES string of the molecule is C[C@@H](C(=O)N(C)Cc1ccccc1)[NH+]1CCN(c2ccccc2O)CC1. The van der Waals surface area contributed by atoms with Gasteiger partial charge in [0.2, 0.25) is 0 Å². The zero-order valence-corrected chi connectivity index (χ0v) is 15.6. The number of hydrogen-bond donors (Lipinski definition) is 2. The predicted molar refractivity (Wildman–Crippen MR) is 103 cm³/mol. The van der Waals surface area contributed by atoms with Crippen molar-refractivity contribution in [2.75, 3.05) is 38.1 Å². The Morgan fingerprint density at radius 2 is 1.73 bits per heavy atom. The van der Waals surface area contributed by atoms with Crippen LogP contribution in [0.25, 0.3) is 0 Å². The van der Waals surface area contributed by atoms with Crippen molar-refractivity contribution in [1.29, 1.82) is 0 Å². The van der Waals surface area contributed by atoms with Crippen molar-refractivity contribution in [2.24, 2.45) is 0 Å². The minimum absolute atomic E-state index is 0.0600. The highest BCUT2D eigenvalue weighted by Crippen LogP contribution is 2.26. The summed E-state index contributed by atoms with van der Waals surface area (Å²) in [6.07, 6.45) is 0. The fraction of sp³-hybridized carbons (Fsp3) is 0.381. The summed E-state index contributed by atoms with van der Waals surface area (Å²) in [4.78, 5) is 18.1. The molecule has 1 fully saturated rings. The van der Waals surface area contributed by atoms with Crippen LogP contribution in [-0.2, 0) is 11.3 Å². The van der Waals surface area contributed by atoms with Crippen LogP contribution in [0.15, 0.2) is 54.6 Å². The average Bonchev–Trinajstić information content (AvgIpc) is 2.68. The lowest BCUT2D eigenvalue weighted by Crippen LogP contribution is -3.19. The first-order valence-corrected chi connectivity index (χ1v) is 9.22. The van der Waals surface area contributed by atoms with Gasteiger partial charge in [0.15, 0.2) is 6.04 Å². The minimum Gasteiger partial charge on any atom is -0.506 e. The molecule has 1 amide bonds. The molecule has 26 heavy (non-hydrogen) atoms. The number of nitrogens with one attached hydrogen (secondary N) is 1. The number of carbonyl (C=O) groups excluding carboxylic acids is 1. The van der Waals surface area contributed by atoms with E-state index in [9.17, 15) is 9.90 Å². The Morgan fingerprint density at radius 1 is 1.12 bits per heavy atom. The lowest BCUT2D eigenvalue weighted by atomic mass is 10.1. The van der Waals surface area contributed by atoms with Crippen LogP contribution in [0.5, 0.6) is 5.75 Å². The van der Waals surface area contributed by atoms with Gasteiger partial charge in [0, 0.05) is 13.6 Å². The molecule has 2 N–H and O–H groups in total. The number of piperazine rings is 1. The normalized spacial score (nSPS) is 16.3. The number of hydrogen-bond acceptors (Lipinski definition) is 3. The molecule has 5 heteroatoms. The number of likely N-dealkylation sites (N-methyl/N-ethyl adjacent to an activating group) is 1. The molecular weight excluding hydrogens is 326 g/mol. The molecule has 1 saturated heterocycles. The molecule has 1 aliphatic heterocycles. The van der Waals surface area contributed by atoms with Gasteiger partial charge in [0.05, 0.1) is 31.9 Å². The summed E-state index contributed by atoms with van der Waals surface area (Å²) in [7, 11) is 1.88. The summed E-state index contributed by atoms with van der Waals surface area (Å²) >= 11 is 0. The second-order valence-electron chi connectivity index (χ2n) is 7.04. The summed E-state index contributed by atoms with van der Waals surface area (Å²) < 4.78 is 0. The van der Waals surface area contributed by atoms with E-state index in [2.05, 4.69) is 4.90 Å². The second-order valence-corrected chi connectivity index (χ2v) is 7.04. The van der Waals surface area contributed by atoms with Gasteiger partial charge < -0.3 is 19.8 Å². The number of phenolic OH excluding ortho intramolecular Hbond substituents is 1. The highest BCUT2D eigenvalue weighted by Gasteiger charge is 2.31. The van der Waals surface area contributed by atoms with Crippen molar-refractivity contribution >= 4 is 11.6 Å². The van der Waals surface area contributed by atoms with Gasteiger partial charge in [-0.2, -0.15) is 0 Å². The summed E-state index contributed by atoms with van der Waals surface area (Å²) in [5, 5.41) is 10.0. The van der Waals surface area contributed by atoms with Gasteiger partial charge in [-0.3, -0.25) is 4.79 Å². The van der Waals surface area contributed by atoms with Crippen molar-refractivity contribution in [3.05, 3.63) is 60.2 Å². The monoisotopic (exact) mass is 354 g/mol. The molecule has 0 saturated carbocycles. The maximum atomic E-state index is 12.8. The van der Waals surface area contributed by atoms with Crippen LogP contribution in [0.4, 0.5) is 5.69 Å². The van der Waals surface area contributed by atoms with E-state index >= 15 is 0 Å². The summed E-state index contributed by atoms with van der Waals surface area (Å²) in [5.41, 5.74) is 2.03. The first-order chi connectivity index (χ1) is 12.6. The molecule has 0 bridgehead atoms. The highest BCUT2D eigenvalue weighted by molar-refractivity contribution is 5.79. The van der Waals surface area contributed by atoms with Crippen LogP contribution < -0.4 is 9.80 Å². The van der Waals surface area contributed by atoms with E-state index in [0.29, 0.717) is 12.3 Å². The van der Waals surface area contributed by atoms with Gasteiger partial charge in [-0.15, -0.1) is 0 Å². The number of amides is 1. The molecule has 0 spiro atoms. The quantitative estimate of drug-likeness (QED) is 0.847. The molecule has 3 rings (SSSR count). The van der Waals surface area contributed by atoms with E-state index < -0.39 is 0 Å². The average molecular weight is 354 g/mol.